The molecule has 5 N–H and O–H groups in total. The first-order valence-electron chi connectivity index (χ1n) is 5.65. The van der Waals surface area contributed by atoms with Gasteiger partial charge in [-0.15, -0.1) is 0 Å². The lowest BCUT2D eigenvalue weighted by Gasteiger charge is -2.12. The average molecular weight is 251 g/mol. The Balaban J connectivity index is 2.18. The van der Waals surface area contributed by atoms with E-state index in [4.69, 9.17) is 10.6 Å². The fourth-order valence-electron chi connectivity index (χ4n) is 1.65. The third kappa shape index (κ3) is 2.66. The smallest absolute Gasteiger partial charge is 0.241 e. The molecule has 8 nitrogen and oxygen atoms in total. The molecule has 2 aromatic rings. The van der Waals surface area contributed by atoms with E-state index in [9.17, 15) is 0 Å². The number of rotatable bonds is 6. The second-order valence-corrected chi connectivity index (χ2v) is 4.11. The Hall–Kier alpha value is -1.93. The Kier molecular flexibility index (Phi) is 3.90. The van der Waals surface area contributed by atoms with Crippen molar-refractivity contribution in [1.82, 2.24) is 20.2 Å². The number of hydrogen-bond donors (Lipinski definition) is 4. The molecular weight excluding hydrogens is 234 g/mol. The third-order valence-electron chi connectivity index (χ3n) is 2.51. The van der Waals surface area contributed by atoms with Crippen molar-refractivity contribution in [2.24, 2.45) is 11.8 Å². The van der Waals surface area contributed by atoms with Gasteiger partial charge in [0, 0.05) is 13.7 Å². The number of hydrogen-bond acceptors (Lipinski definition) is 7. The van der Waals surface area contributed by atoms with Crippen LogP contribution in [0.2, 0.25) is 0 Å². The first kappa shape index (κ1) is 12.5. The molecule has 0 saturated carbocycles. The van der Waals surface area contributed by atoms with Crippen LogP contribution in [0.5, 0.6) is 0 Å². The predicted molar refractivity (Wildman–Crippen MR) is 69.0 cm³/mol. The molecule has 8 heteroatoms. The number of methoxy groups -OCH3 is 1. The van der Waals surface area contributed by atoms with Crippen LogP contribution in [-0.2, 0) is 4.74 Å². The molecule has 0 fully saturated rings. The third-order valence-corrected chi connectivity index (χ3v) is 2.51. The van der Waals surface area contributed by atoms with Gasteiger partial charge in [-0.25, -0.2) is 5.84 Å². The summed E-state index contributed by atoms with van der Waals surface area (Å²) in [6.07, 6.45) is 1.68. The second-order valence-electron chi connectivity index (χ2n) is 4.11. The summed E-state index contributed by atoms with van der Waals surface area (Å²) in [5, 5.41) is 10.8. The fraction of sp³-hybridized carbons (Fsp3) is 0.500. The Labute approximate surface area is 104 Å². The van der Waals surface area contributed by atoms with Crippen molar-refractivity contribution >= 4 is 22.8 Å². The minimum atomic E-state index is 0.341. The van der Waals surface area contributed by atoms with E-state index in [0.29, 0.717) is 29.9 Å². The van der Waals surface area contributed by atoms with Crippen molar-refractivity contribution in [3.05, 3.63) is 6.20 Å². The van der Waals surface area contributed by atoms with Gasteiger partial charge in [0.25, 0.3) is 0 Å². The highest BCUT2D eigenvalue weighted by Crippen LogP contribution is 2.19. The number of hydrazine groups is 1. The highest BCUT2D eigenvalue weighted by molar-refractivity contribution is 5.86. The van der Waals surface area contributed by atoms with Gasteiger partial charge in [0.2, 0.25) is 5.95 Å². The number of fused-ring (bicyclic) bond motifs is 1. The van der Waals surface area contributed by atoms with Crippen LogP contribution < -0.4 is 16.6 Å². The normalized spacial score (nSPS) is 12.6. The minimum Gasteiger partial charge on any atom is -0.384 e. The Morgan fingerprint density at radius 1 is 1.50 bits per heavy atom. The standard InChI is InChI=1S/C10H17N7O/c1-6(5-18-2)3-12-8-7-4-13-17-9(7)15-10(14-8)16-11/h4,6H,3,5,11H2,1-2H3,(H3,12,13,14,15,16,17). The topological polar surface area (TPSA) is 114 Å². The molecule has 2 aromatic heterocycles. The Morgan fingerprint density at radius 3 is 3.06 bits per heavy atom. The zero-order valence-corrected chi connectivity index (χ0v) is 10.4. The number of nitrogens with one attached hydrogen (secondary N) is 3. The number of aromatic nitrogens is 4. The minimum absolute atomic E-state index is 0.341. The molecule has 0 aliphatic carbocycles. The van der Waals surface area contributed by atoms with Gasteiger partial charge in [-0.05, 0) is 5.92 Å². The van der Waals surface area contributed by atoms with Crippen LogP contribution in [0.4, 0.5) is 11.8 Å². The molecule has 0 radical (unpaired) electrons. The molecule has 1 unspecified atom stereocenters. The van der Waals surface area contributed by atoms with Crippen LogP contribution in [0, 0.1) is 5.92 Å². The van der Waals surface area contributed by atoms with Gasteiger partial charge in [-0.2, -0.15) is 15.1 Å². The molecule has 0 amide bonds. The summed E-state index contributed by atoms with van der Waals surface area (Å²) >= 11 is 0. The number of anilines is 2. The summed E-state index contributed by atoms with van der Waals surface area (Å²) in [6, 6.07) is 0. The Morgan fingerprint density at radius 2 is 2.33 bits per heavy atom. The first-order chi connectivity index (χ1) is 8.74. The Bertz CT molecular complexity index is 512. The quantitative estimate of drug-likeness (QED) is 0.432. The number of aromatic amines is 1. The SMILES string of the molecule is COCC(C)CNc1nc(NN)nc2[nH]ncc12. The zero-order chi connectivity index (χ0) is 13.0. The molecule has 0 aromatic carbocycles. The van der Waals surface area contributed by atoms with Crippen molar-refractivity contribution in [3.8, 4) is 0 Å². The first-order valence-corrected chi connectivity index (χ1v) is 5.65. The summed E-state index contributed by atoms with van der Waals surface area (Å²) in [6.45, 7) is 3.52. The summed E-state index contributed by atoms with van der Waals surface area (Å²) in [4.78, 5) is 8.41. The molecule has 2 heterocycles. The van der Waals surface area contributed by atoms with E-state index in [1.807, 2.05) is 0 Å². The molecule has 1 atom stereocenters. The lowest BCUT2D eigenvalue weighted by atomic mass is 10.2. The maximum absolute atomic E-state index is 5.33. The monoisotopic (exact) mass is 251 g/mol. The molecule has 0 bridgehead atoms. The van der Waals surface area contributed by atoms with E-state index in [2.05, 4.69) is 37.8 Å². The average Bonchev–Trinajstić information content (AvgIpc) is 2.84. The lowest BCUT2D eigenvalue weighted by molar-refractivity contribution is 0.164. The van der Waals surface area contributed by atoms with E-state index >= 15 is 0 Å². The van der Waals surface area contributed by atoms with Crippen molar-refractivity contribution in [2.75, 3.05) is 31.0 Å². The molecule has 0 aliphatic heterocycles. The van der Waals surface area contributed by atoms with Gasteiger partial charge in [0.15, 0.2) is 5.65 Å². The molecule has 0 spiro atoms. The molecule has 2 rings (SSSR count). The number of nitrogen functional groups attached to an aromatic ring is 1. The molecule has 98 valence electrons. The van der Waals surface area contributed by atoms with Gasteiger partial charge in [0.1, 0.15) is 5.82 Å². The van der Waals surface area contributed by atoms with Gasteiger partial charge >= 0.3 is 0 Å². The van der Waals surface area contributed by atoms with E-state index in [0.717, 1.165) is 11.9 Å². The van der Waals surface area contributed by atoms with Crippen LogP contribution in [0.1, 0.15) is 6.92 Å². The van der Waals surface area contributed by atoms with Crippen molar-refractivity contribution in [1.29, 1.82) is 0 Å². The number of nitrogens with two attached hydrogens (primary N) is 1. The highest BCUT2D eigenvalue weighted by atomic mass is 16.5. The van der Waals surface area contributed by atoms with E-state index in [-0.39, 0.29) is 0 Å². The summed E-state index contributed by atoms with van der Waals surface area (Å²) in [7, 11) is 1.69. The van der Waals surface area contributed by atoms with Crippen LogP contribution in [-0.4, -0.2) is 40.4 Å². The zero-order valence-electron chi connectivity index (χ0n) is 10.4. The number of ether oxygens (including phenoxy) is 1. The van der Waals surface area contributed by atoms with E-state index < -0.39 is 0 Å². The van der Waals surface area contributed by atoms with Crippen molar-refractivity contribution < 1.29 is 4.74 Å². The molecule has 0 saturated heterocycles. The van der Waals surface area contributed by atoms with Crippen LogP contribution in [0.15, 0.2) is 6.20 Å². The largest absolute Gasteiger partial charge is 0.384 e. The van der Waals surface area contributed by atoms with Crippen LogP contribution >= 0.6 is 0 Å². The van der Waals surface area contributed by atoms with Gasteiger partial charge in [-0.3, -0.25) is 10.5 Å². The number of nitrogens with zero attached hydrogens (tertiary/aromatic N) is 3. The van der Waals surface area contributed by atoms with Gasteiger partial charge in [-0.1, -0.05) is 6.92 Å². The maximum atomic E-state index is 5.33. The van der Waals surface area contributed by atoms with E-state index in [1.165, 1.54) is 0 Å². The molecule has 0 aliphatic rings. The van der Waals surface area contributed by atoms with E-state index in [1.54, 1.807) is 13.3 Å². The van der Waals surface area contributed by atoms with Crippen molar-refractivity contribution in [3.63, 3.8) is 0 Å². The molecule has 18 heavy (non-hydrogen) atoms. The second kappa shape index (κ2) is 5.61. The maximum Gasteiger partial charge on any atom is 0.241 e. The number of H-pyrrole nitrogens is 1. The van der Waals surface area contributed by atoms with Crippen LogP contribution in [0.3, 0.4) is 0 Å². The lowest BCUT2D eigenvalue weighted by Crippen LogP contribution is -2.18. The predicted octanol–water partition coefficient (Wildman–Crippen LogP) is 0.333. The van der Waals surface area contributed by atoms with Crippen LogP contribution in [0.25, 0.3) is 11.0 Å². The summed E-state index contributed by atoms with van der Waals surface area (Å²) in [5.41, 5.74) is 3.07. The molecular formula is C10H17N7O. The van der Waals surface area contributed by atoms with Crippen molar-refractivity contribution in [2.45, 2.75) is 6.92 Å². The van der Waals surface area contributed by atoms with Gasteiger partial charge in [0.05, 0.1) is 18.2 Å². The van der Waals surface area contributed by atoms with Gasteiger partial charge < -0.3 is 10.1 Å². The summed E-state index contributed by atoms with van der Waals surface area (Å²) in [5.74, 6) is 6.74. The fourth-order valence-corrected chi connectivity index (χ4v) is 1.65. The summed E-state index contributed by atoms with van der Waals surface area (Å²) < 4.78 is 5.09. The highest BCUT2D eigenvalue weighted by Gasteiger charge is 2.10.